The molecule has 3 aromatic rings. The standard InChI is InChI=1S/C23H15F6NO/c24-22(25,26)17-11-16(12-18(13-17)23(27,28)29)21(31)30-19(14-7-3-1-4-8-14)20(30)15-9-5-2-6-10-15/h1-13,19-20H. The first-order valence-corrected chi connectivity index (χ1v) is 9.29. The molecule has 1 amide bonds. The van der Waals surface area contributed by atoms with Crippen molar-refractivity contribution in [3.8, 4) is 0 Å². The van der Waals surface area contributed by atoms with E-state index in [1.165, 1.54) is 4.90 Å². The minimum Gasteiger partial charge on any atom is -0.320 e. The summed E-state index contributed by atoms with van der Waals surface area (Å²) in [4.78, 5) is 14.4. The van der Waals surface area contributed by atoms with Gasteiger partial charge < -0.3 is 4.90 Å². The van der Waals surface area contributed by atoms with Gasteiger partial charge in [0.2, 0.25) is 0 Å². The summed E-state index contributed by atoms with van der Waals surface area (Å²) in [6.07, 6.45) is -10.0. The molecule has 0 aliphatic carbocycles. The van der Waals surface area contributed by atoms with Crippen LogP contribution in [0.4, 0.5) is 26.3 Å². The normalized spacial score (nSPS) is 18.7. The van der Waals surface area contributed by atoms with Crippen LogP contribution >= 0.6 is 0 Å². The lowest BCUT2D eigenvalue weighted by Gasteiger charge is -2.14. The molecule has 31 heavy (non-hydrogen) atoms. The van der Waals surface area contributed by atoms with E-state index in [1.54, 1.807) is 60.7 Å². The minimum atomic E-state index is -5.02. The maximum absolute atomic E-state index is 13.2. The first kappa shape index (κ1) is 21.0. The smallest absolute Gasteiger partial charge is 0.320 e. The zero-order valence-corrected chi connectivity index (χ0v) is 15.8. The summed E-state index contributed by atoms with van der Waals surface area (Å²) in [7, 11) is 0. The molecule has 2 nitrogen and oxygen atoms in total. The molecular weight excluding hydrogens is 420 g/mol. The zero-order chi connectivity index (χ0) is 22.4. The van der Waals surface area contributed by atoms with E-state index in [-0.39, 0.29) is 6.07 Å². The third-order valence-electron chi connectivity index (χ3n) is 5.16. The van der Waals surface area contributed by atoms with Crippen molar-refractivity contribution >= 4 is 5.91 Å². The van der Waals surface area contributed by atoms with Gasteiger partial charge in [-0.05, 0) is 29.3 Å². The van der Waals surface area contributed by atoms with E-state index in [4.69, 9.17) is 0 Å². The van der Waals surface area contributed by atoms with Crippen LogP contribution in [0, 0.1) is 0 Å². The number of hydrogen-bond donors (Lipinski definition) is 0. The maximum Gasteiger partial charge on any atom is 0.416 e. The molecule has 2 unspecified atom stereocenters. The molecule has 160 valence electrons. The van der Waals surface area contributed by atoms with Crippen LogP contribution in [0.15, 0.2) is 78.9 Å². The van der Waals surface area contributed by atoms with Gasteiger partial charge in [-0.2, -0.15) is 26.3 Å². The van der Waals surface area contributed by atoms with E-state index < -0.39 is 47.0 Å². The second-order valence-corrected chi connectivity index (χ2v) is 7.22. The van der Waals surface area contributed by atoms with Crippen LogP contribution in [0.5, 0.6) is 0 Å². The number of halogens is 6. The largest absolute Gasteiger partial charge is 0.416 e. The van der Waals surface area contributed by atoms with E-state index in [0.717, 1.165) is 11.1 Å². The molecule has 2 atom stereocenters. The number of nitrogens with zero attached hydrogens (tertiary/aromatic N) is 1. The summed E-state index contributed by atoms with van der Waals surface area (Å²) < 4.78 is 79.2. The molecule has 0 spiro atoms. The lowest BCUT2D eigenvalue weighted by Crippen LogP contribution is -2.17. The molecule has 1 aliphatic rings. The number of carbonyl (C=O) groups excluding carboxylic acids is 1. The zero-order valence-electron chi connectivity index (χ0n) is 15.8. The monoisotopic (exact) mass is 435 g/mol. The Kier molecular flexibility index (Phi) is 5.03. The number of carbonyl (C=O) groups is 1. The predicted octanol–water partition coefficient (Wildman–Crippen LogP) is 6.66. The topological polar surface area (TPSA) is 20.1 Å². The maximum atomic E-state index is 13.2. The molecule has 0 radical (unpaired) electrons. The van der Waals surface area contributed by atoms with Crippen LogP contribution < -0.4 is 0 Å². The van der Waals surface area contributed by atoms with Crippen LogP contribution in [0.1, 0.15) is 44.7 Å². The lowest BCUT2D eigenvalue weighted by molar-refractivity contribution is -0.143. The van der Waals surface area contributed by atoms with Crippen molar-refractivity contribution in [1.82, 2.24) is 4.90 Å². The molecule has 3 aromatic carbocycles. The number of rotatable bonds is 3. The number of amides is 1. The molecule has 0 saturated carbocycles. The van der Waals surface area contributed by atoms with Crippen molar-refractivity contribution in [2.75, 3.05) is 0 Å². The molecular formula is C23H15F6NO. The van der Waals surface area contributed by atoms with Gasteiger partial charge in [0.15, 0.2) is 0 Å². The highest BCUT2D eigenvalue weighted by molar-refractivity contribution is 5.97. The van der Waals surface area contributed by atoms with Crippen molar-refractivity contribution in [3.63, 3.8) is 0 Å². The Hall–Kier alpha value is -3.29. The molecule has 1 saturated heterocycles. The fraction of sp³-hybridized carbons (Fsp3) is 0.174. The number of alkyl halides is 6. The van der Waals surface area contributed by atoms with E-state index >= 15 is 0 Å². The lowest BCUT2D eigenvalue weighted by atomic mass is 10.0. The molecule has 0 aromatic heterocycles. The van der Waals surface area contributed by atoms with Crippen molar-refractivity contribution in [1.29, 1.82) is 0 Å². The van der Waals surface area contributed by atoms with Crippen molar-refractivity contribution in [3.05, 3.63) is 107 Å². The summed E-state index contributed by atoms with van der Waals surface area (Å²) in [5, 5.41) is 0. The van der Waals surface area contributed by atoms with Gasteiger partial charge in [-0.1, -0.05) is 60.7 Å². The first-order chi connectivity index (χ1) is 14.6. The van der Waals surface area contributed by atoms with Crippen molar-refractivity contribution in [2.45, 2.75) is 24.4 Å². The first-order valence-electron chi connectivity index (χ1n) is 9.29. The van der Waals surface area contributed by atoms with E-state index in [9.17, 15) is 31.1 Å². The van der Waals surface area contributed by atoms with Gasteiger partial charge in [-0.3, -0.25) is 4.79 Å². The fourth-order valence-corrected chi connectivity index (χ4v) is 3.70. The third kappa shape index (κ3) is 4.15. The Labute approximate surface area is 173 Å². The average molecular weight is 435 g/mol. The summed E-state index contributed by atoms with van der Waals surface area (Å²) >= 11 is 0. The van der Waals surface area contributed by atoms with Gasteiger partial charge >= 0.3 is 12.4 Å². The highest BCUT2D eigenvalue weighted by atomic mass is 19.4. The van der Waals surface area contributed by atoms with Crippen molar-refractivity contribution in [2.24, 2.45) is 0 Å². The molecule has 0 bridgehead atoms. The summed E-state index contributed by atoms with van der Waals surface area (Å²) in [6, 6.07) is 17.6. The van der Waals surface area contributed by atoms with Gasteiger partial charge in [0.25, 0.3) is 5.91 Å². The summed E-state index contributed by atoms with van der Waals surface area (Å²) in [5.41, 5.74) is -2.19. The molecule has 8 heteroatoms. The van der Waals surface area contributed by atoms with Gasteiger partial charge in [0.1, 0.15) is 0 Å². The van der Waals surface area contributed by atoms with Crippen LogP contribution in [-0.4, -0.2) is 10.8 Å². The highest BCUT2D eigenvalue weighted by Gasteiger charge is 2.53. The number of benzene rings is 3. The van der Waals surface area contributed by atoms with Gasteiger partial charge in [-0.25, -0.2) is 0 Å². The molecule has 1 fully saturated rings. The molecule has 0 N–H and O–H groups in total. The average Bonchev–Trinajstić information content (AvgIpc) is 3.48. The molecule has 1 aliphatic heterocycles. The predicted molar refractivity (Wildman–Crippen MR) is 101 cm³/mol. The molecule has 4 rings (SSSR count). The van der Waals surface area contributed by atoms with Gasteiger partial charge in [-0.15, -0.1) is 0 Å². The second kappa shape index (κ2) is 7.44. The van der Waals surface area contributed by atoms with Crippen LogP contribution in [0.3, 0.4) is 0 Å². The van der Waals surface area contributed by atoms with Gasteiger partial charge in [0, 0.05) is 5.56 Å². The van der Waals surface area contributed by atoms with Crippen LogP contribution in [0.25, 0.3) is 0 Å². The fourth-order valence-electron chi connectivity index (χ4n) is 3.70. The van der Waals surface area contributed by atoms with E-state index in [2.05, 4.69) is 0 Å². The van der Waals surface area contributed by atoms with E-state index in [0.29, 0.717) is 12.1 Å². The Bertz CT molecular complexity index is 1010. The highest BCUT2D eigenvalue weighted by Crippen LogP contribution is 2.55. The molecule has 1 heterocycles. The third-order valence-corrected chi connectivity index (χ3v) is 5.16. The Morgan fingerprint density at radius 2 is 1.03 bits per heavy atom. The Balaban J connectivity index is 1.77. The Morgan fingerprint density at radius 3 is 1.39 bits per heavy atom. The Morgan fingerprint density at radius 1 is 0.645 bits per heavy atom. The summed E-state index contributed by atoms with van der Waals surface area (Å²) in [5.74, 6) is -0.890. The number of hydrogen-bond acceptors (Lipinski definition) is 1. The van der Waals surface area contributed by atoms with Crippen LogP contribution in [-0.2, 0) is 12.4 Å². The second-order valence-electron chi connectivity index (χ2n) is 7.22. The van der Waals surface area contributed by atoms with Gasteiger partial charge in [0.05, 0.1) is 23.2 Å². The quantitative estimate of drug-likeness (QED) is 0.333. The minimum absolute atomic E-state index is 0.0162. The van der Waals surface area contributed by atoms with Crippen molar-refractivity contribution < 1.29 is 31.1 Å². The van der Waals surface area contributed by atoms with E-state index in [1.807, 2.05) is 0 Å². The SMILES string of the molecule is O=C(c1cc(C(F)(F)F)cc(C(F)(F)F)c1)N1C(c2ccccc2)C1c1ccccc1. The van der Waals surface area contributed by atoms with Crippen LogP contribution in [0.2, 0.25) is 0 Å². The summed E-state index contributed by atoms with van der Waals surface area (Å²) in [6.45, 7) is 0.